The van der Waals surface area contributed by atoms with Gasteiger partial charge in [-0.2, -0.15) is 0 Å². The summed E-state index contributed by atoms with van der Waals surface area (Å²) in [7, 11) is 1.79. The van der Waals surface area contributed by atoms with E-state index >= 15 is 0 Å². The number of rotatable bonds is 4. The van der Waals surface area contributed by atoms with Gasteiger partial charge in [0.1, 0.15) is 0 Å². The predicted octanol–water partition coefficient (Wildman–Crippen LogP) is 2.54. The normalized spacial score (nSPS) is 10.0. The summed E-state index contributed by atoms with van der Waals surface area (Å²) in [6.45, 7) is 4.94. The molecule has 0 unspecified atom stereocenters. The van der Waals surface area contributed by atoms with Gasteiger partial charge in [0.2, 0.25) is 5.91 Å². The Morgan fingerprint density at radius 2 is 2.19 bits per heavy atom. The molecule has 1 N–H and O–H groups in total. The first-order valence-electron chi connectivity index (χ1n) is 5.28. The van der Waals surface area contributed by atoms with Crippen molar-refractivity contribution < 1.29 is 4.79 Å². The van der Waals surface area contributed by atoms with E-state index in [-0.39, 0.29) is 5.91 Å². The van der Waals surface area contributed by atoms with Gasteiger partial charge >= 0.3 is 0 Å². The highest BCUT2D eigenvalue weighted by Gasteiger charge is 2.06. The Kier molecular flexibility index (Phi) is 4.62. The summed E-state index contributed by atoms with van der Waals surface area (Å²) in [5.74, 6) is 0.0712. The molecule has 4 heteroatoms. The molecule has 1 amide bonds. The van der Waals surface area contributed by atoms with Gasteiger partial charge in [0.05, 0.1) is 6.54 Å². The second-order valence-electron chi connectivity index (χ2n) is 3.72. The maximum atomic E-state index is 11.6. The van der Waals surface area contributed by atoms with Gasteiger partial charge in [-0.1, -0.05) is 17.7 Å². The van der Waals surface area contributed by atoms with E-state index in [1.54, 1.807) is 11.9 Å². The molecule has 0 radical (unpaired) electrons. The summed E-state index contributed by atoms with van der Waals surface area (Å²) in [6, 6.07) is 5.59. The quantitative estimate of drug-likeness (QED) is 0.877. The van der Waals surface area contributed by atoms with Gasteiger partial charge in [0.15, 0.2) is 0 Å². The Morgan fingerprint density at radius 3 is 2.81 bits per heavy atom. The molecule has 1 aromatic carbocycles. The zero-order valence-corrected chi connectivity index (χ0v) is 10.6. The largest absolute Gasteiger partial charge is 0.376 e. The van der Waals surface area contributed by atoms with Crippen LogP contribution in [0, 0.1) is 6.92 Å². The SMILES string of the molecule is CCN(C)C(=O)CNc1cc(Cl)ccc1C. The van der Waals surface area contributed by atoms with E-state index in [2.05, 4.69) is 5.32 Å². The molecule has 1 aromatic rings. The molecule has 0 bridgehead atoms. The van der Waals surface area contributed by atoms with E-state index in [1.165, 1.54) is 0 Å². The van der Waals surface area contributed by atoms with Crippen molar-refractivity contribution in [3.63, 3.8) is 0 Å². The third-order valence-corrected chi connectivity index (χ3v) is 2.76. The first kappa shape index (κ1) is 12.8. The minimum Gasteiger partial charge on any atom is -0.376 e. The van der Waals surface area contributed by atoms with Crippen LogP contribution in [0.5, 0.6) is 0 Å². The van der Waals surface area contributed by atoms with E-state index in [9.17, 15) is 4.79 Å². The van der Waals surface area contributed by atoms with Crippen LogP contribution in [0.3, 0.4) is 0 Å². The number of carbonyl (C=O) groups is 1. The Morgan fingerprint density at radius 1 is 1.50 bits per heavy atom. The van der Waals surface area contributed by atoms with Gasteiger partial charge in [-0.15, -0.1) is 0 Å². The lowest BCUT2D eigenvalue weighted by Gasteiger charge is -2.16. The Balaban J connectivity index is 2.61. The maximum Gasteiger partial charge on any atom is 0.241 e. The highest BCUT2D eigenvalue weighted by Crippen LogP contribution is 2.19. The minimum atomic E-state index is 0.0712. The number of likely N-dealkylation sites (N-methyl/N-ethyl adjacent to an activating group) is 1. The average Bonchev–Trinajstić information content (AvgIpc) is 2.28. The number of nitrogens with one attached hydrogen (secondary N) is 1. The van der Waals surface area contributed by atoms with Crippen LogP contribution < -0.4 is 5.32 Å². The fourth-order valence-electron chi connectivity index (χ4n) is 1.27. The van der Waals surface area contributed by atoms with Crippen molar-refractivity contribution in [2.24, 2.45) is 0 Å². The third-order valence-electron chi connectivity index (χ3n) is 2.53. The Bertz CT molecular complexity index is 379. The van der Waals surface area contributed by atoms with E-state index in [1.807, 2.05) is 32.0 Å². The molecule has 0 aliphatic carbocycles. The number of amides is 1. The topological polar surface area (TPSA) is 32.3 Å². The number of hydrogen-bond acceptors (Lipinski definition) is 2. The highest BCUT2D eigenvalue weighted by molar-refractivity contribution is 6.30. The molecule has 0 heterocycles. The lowest BCUT2D eigenvalue weighted by Crippen LogP contribution is -2.31. The summed E-state index contributed by atoms with van der Waals surface area (Å²) in [6.07, 6.45) is 0. The average molecular weight is 241 g/mol. The standard InChI is InChI=1S/C12H17ClN2O/c1-4-15(3)12(16)8-14-11-7-10(13)6-5-9(11)2/h5-7,14H,4,8H2,1-3H3. The van der Waals surface area contributed by atoms with Crippen molar-refractivity contribution in [3.05, 3.63) is 28.8 Å². The molecule has 0 atom stereocenters. The first-order chi connectivity index (χ1) is 7.54. The number of anilines is 1. The first-order valence-corrected chi connectivity index (χ1v) is 5.66. The summed E-state index contributed by atoms with van der Waals surface area (Å²) in [5, 5.41) is 3.76. The Labute approximate surface area is 101 Å². The number of nitrogens with zero attached hydrogens (tertiary/aromatic N) is 1. The molecule has 0 aliphatic rings. The van der Waals surface area contributed by atoms with Gasteiger partial charge in [0, 0.05) is 24.3 Å². The molecule has 88 valence electrons. The van der Waals surface area contributed by atoms with Crippen molar-refractivity contribution in [2.75, 3.05) is 25.5 Å². The molecule has 0 aliphatic heterocycles. The molecule has 0 saturated heterocycles. The zero-order valence-electron chi connectivity index (χ0n) is 9.88. The molecule has 0 fully saturated rings. The molecular weight excluding hydrogens is 224 g/mol. The van der Waals surface area contributed by atoms with Crippen molar-refractivity contribution >= 4 is 23.2 Å². The van der Waals surface area contributed by atoms with Crippen molar-refractivity contribution in [3.8, 4) is 0 Å². The predicted molar refractivity (Wildman–Crippen MR) is 68.0 cm³/mol. The van der Waals surface area contributed by atoms with Gasteiger partial charge in [-0.3, -0.25) is 4.79 Å². The monoisotopic (exact) mass is 240 g/mol. The van der Waals surface area contributed by atoms with Crippen molar-refractivity contribution in [1.82, 2.24) is 4.90 Å². The van der Waals surface area contributed by atoms with Crippen LogP contribution in [0.2, 0.25) is 5.02 Å². The van der Waals surface area contributed by atoms with E-state index in [0.717, 1.165) is 17.8 Å². The summed E-state index contributed by atoms with van der Waals surface area (Å²) >= 11 is 5.89. The molecule has 16 heavy (non-hydrogen) atoms. The smallest absolute Gasteiger partial charge is 0.241 e. The fourth-order valence-corrected chi connectivity index (χ4v) is 1.44. The zero-order chi connectivity index (χ0) is 12.1. The van der Waals surface area contributed by atoms with E-state index in [0.29, 0.717) is 11.6 Å². The molecule has 0 aromatic heterocycles. The number of benzene rings is 1. The second-order valence-corrected chi connectivity index (χ2v) is 4.16. The van der Waals surface area contributed by atoms with Crippen LogP contribution in [0.4, 0.5) is 5.69 Å². The van der Waals surface area contributed by atoms with Gasteiger partial charge in [0.25, 0.3) is 0 Å². The molecular formula is C12H17ClN2O. The van der Waals surface area contributed by atoms with Crippen molar-refractivity contribution in [2.45, 2.75) is 13.8 Å². The highest BCUT2D eigenvalue weighted by atomic mass is 35.5. The number of halogens is 1. The van der Waals surface area contributed by atoms with Gasteiger partial charge < -0.3 is 10.2 Å². The lowest BCUT2D eigenvalue weighted by atomic mass is 10.2. The summed E-state index contributed by atoms with van der Waals surface area (Å²) < 4.78 is 0. The molecule has 0 spiro atoms. The number of carbonyl (C=O) groups excluding carboxylic acids is 1. The van der Waals surface area contributed by atoms with Crippen LogP contribution in [0.1, 0.15) is 12.5 Å². The van der Waals surface area contributed by atoms with Crippen LogP contribution in [0.25, 0.3) is 0 Å². The number of aryl methyl sites for hydroxylation is 1. The minimum absolute atomic E-state index is 0.0712. The Hall–Kier alpha value is -1.22. The lowest BCUT2D eigenvalue weighted by molar-refractivity contribution is -0.127. The van der Waals surface area contributed by atoms with E-state index in [4.69, 9.17) is 11.6 Å². The number of hydrogen-bond donors (Lipinski definition) is 1. The second kappa shape index (κ2) is 5.75. The van der Waals surface area contributed by atoms with Crippen molar-refractivity contribution in [1.29, 1.82) is 0 Å². The van der Waals surface area contributed by atoms with Gasteiger partial charge in [-0.25, -0.2) is 0 Å². The molecule has 1 rings (SSSR count). The van der Waals surface area contributed by atoms with E-state index < -0.39 is 0 Å². The van der Waals surface area contributed by atoms with Crippen LogP contribution in [-0.2, 0) is 4.79 Å². The fraction of sp³-hybridized carbons (Fsp3) is 0.417. The van der Waals surface area contributed by atoms with Crippen LogP contribution in [-0.4, -0.2) is 30.9 Å². The summed E-state index contributed by atoms with van der Waals surface area (Å²) in [5.41, 5.74) is 1.99. The van der Waals surface area contributed by atoms with Gasteiger partial charge in [-0.05, 0) is 31.5 Å². The van der Waals surface area contributed by atoms with Crippen LogP contribution in [0.15, 0.2) is 18.2 Å². The third kappa shape index (κ3) is 3.42. The molecule has 3 nitrogen and oxygen atoms in total. The summed E-state index contributed by atoms with van der Waals surface area (Å²) in [4.78, 5) is 13.2. The van der Waals surface area contributed by atoms with Crippen LogP contribution >= 0.6 is 11.6 Å². The molecule has 0 saturated carbocycles. The maximum absolute atomic E-state index is 11.6.